The van der Waals surface area contributed by atoms with Crippen molar-refractivity contribution in [2.75, 3.05) is 6.61 Å². The minimum Gasteiger partial charge on any atom is -0.375 e. The summed E-state index contributed by atoms with van der Waals surface area (Å²) in [5.41, 5.74) is 1.24. The molecule has 1 unspecified atom stereocenters. The molecule has 4 nitrogen and oxygen atoms in total. The fraction of sp³-hybridized carbons (Fsp3) is 0.692. The van der Waals surface area contributed by atoms with Crippen molar-refractivity contribution in [2.45, 2.75) is 50.3 Å². The lowest BCUT2D eigenvalue weighted by Crippen LogP contribution is -2.50. The number of hydrogen-bond donors (Lipinski definition) is 1. The summed E-state index contributed by atoms with van der Waals surface area (Å²) in [6, 6.07) is 4.52. The van der Waals surface area contributed by atoms with Crippen LogP contribution in [0.15, 0.2) is 18.3 Å². The summed E-state index contributed by atoms with van der Waals surface area (Å²) >= 11 is 0. The first-order valence-corrected chi connectivity index (χ1v) is 6.50. The second kappa shape index (κ2) is 4.70. The Kier molecular flexibility index (Phi) is 3.07. The van der Waals surface area contributed by atoms with Crippen molar-refractivity contribution >= 4 is 0 Å². The third-order valence-corrected chi connectivity index (χ3v) is 3.96. The van der Waals surface area contributed by atoms with Crippen molar-refractivity contribution in [1.29, 1.82) is 0 Å². The lowest BCUT2D eigenvalue weighted by molar-refractivity contribution is -0.135. The van der Waals surface area contributed by atoms with Gasteiger partial charge in [0.1, 0.15) is 0 Å². The summed E-state index contributed by atoms with van der Waals surface area (Å²) in [5, 5.41) is 11.6. The van der Waals surface area contributed by atoms with Crippen molar-refractivity contribution in [3.63, 3.8) is 0 Å². The molecule has 1 aromatic rings. The quantitative estimate of drug-likeness (QED) is 0.862. The average Bonchev–Trinajstić information content (AvgIpc) is 2.36. The van der Waals surface area contributed by atoms with E-state index in [-0.39, 0.29) is 5.60 Å². The van der Waals surface area contributed by atoms with Gasteiger partial charge >= 0.3 is 0 Å². The van der Waals surface area contributed by atoms with Gasteiger partial charge in [0.05, 0.1) is 11.3 Å². The van der Waals surface area contributed by atoms with E-state index in [4.69, 9.17) is 4.74 Å². The Morgan fingerprint density at radius 1 is 1.47 bits per heavy atom. The zero-order valence-electron chi connectivity index (χ0n) is 10.1. The van der Waals surface area contributed by atoms with Gasteiger partial charge in [0.25, 0.3) is 0 Å². The van der Waals surface area contributed by atoms with Gasteiger partial charge in [-0.2, -0.15) is 10.2 Å². The maximum Gasteiger partial charge on any atom is 0.0769 e. The van der Waals surface area contributed by atoms with E-state index >= 15 is 0 Å². The molecular weight excluding hydrogens is 214 g/mol. The molecule has 2 heterocycles. The van der Waals surface area contributed by atoms with E-state index in [0.29, 0.717) is 6.04 Å². The number of ether oxygens (including phenoxy) is 1. The molecule has 2 fully saturated rings. The molecule has 17 heavy (non-hydrogen) atoms. The highest BCUT2D eigenvalue weighted by atomic mass is 16.5. The van der Waals surface area contributed by atoms with E-state index in [1.807, 2.05) is 12.1 Å². The Morgan fingerprint density at radius 2 is 2.41 bits per heavy atom. The van der Waals surface area contributed by atoms with Gasteiger partial charge in [0.15, 0.2) is 0 Å². The molecule has 0 radical (unpaired) electrons. The number of hydrogen-bond acceptors (Lipinski definition) is 4. The van der Waals surface area contributed by atoms with Gasteiger partial charge in [-0.15, -0.1) is 0 Å². The molecule has 1 aliphatic heterocycles. The standard InChI is InChI=1S/C13H19N3O/c1-3-12(16-15-7-1)10-14-11-4-8-17-13(9-11)5-2-6-13/h1,3,7,11,14H,2,4-6,8-10H2. The molecule has 1 aromatic heterocycles. The van der Waals surface area contributed by atoms with Crippen molar-refractivity contribution < 1.29 is 4.74 Å². The Balaban J connectivity index is 1.52. The Bertz CT molecular complexity index is 364. The SMILES string of the molecule is c1cnnc(CNC2CCOC3(CCC3)C2)c1. The monoisotopic (exact) mass is 233 g/mol. The number of rotatable bonds is 3. The van der Waals surface area contributed by atoms with Gasteiger partial charge in [-0.1, -0.05) is 0 Å². The third-order valence-electron chi connectivity index (χ3n) is 3.96. The van der Waals surface area contributed by atoms with Crippen molar-refractivity contribution in [3.05, 3.63) is 24.0 Å². The predicted octanol–water partition coefficient (Wildman–Crippen LogP) is 1.67. The van der Waals surface area contributed by atoms with Crippen LogP contribution in [0.1, 0.15) is 37.8 Å². The highest BCUT2D eigenvalue weighted by Crippen LogP contribution is 2.42. The minimum atomic E-state index is 0.221. The Morgan fingerprint density at radius 3 is 3.12 bits per heavy atom. The van der Waals surface area contributed by atoms with Crippen LogP contribution in [-0.2, 0) is 11.3 Å². The molecule has 1 aliphatic carbocycles. The summed E-state index contributed by atoms with van der Waals surface area (Å²) in [6.45, 7) is 1.72. The first kappa shape index (κ1) is 11.1. The first-order valence-electron chi connectivity index (χ1n) is 6.50. The Hall–Kier alpha value is -1.00. The topological polar surface area (TPSA) is 47.0 Å². The summed E-state index contributed by atoms with van der Waals surface area (Å²) in [6.07, 6.45) is 7.81. The van der Waals surface area contributed by atoms with Gasteiger partial charge in [0, 0.05) is 25.4 Å². The van der Waals surface area contributed by atoms with Gasteiger partial charge in [0.2, 0.25) is 0 Å². The molecule has 1 N–H and O–H groups in total. The van der Waals surface area contributed by atoms with E-state index in [9.17, 15) is 0 Å². The number of nitrogens with zero attached hydrogens (tertiary/aromatic N) is 2. The van der Waals surface area contributed by atoms with E-state index < -0.39 is 0 Å². The molecule has 1 atom stereocenters. The van der Waals surface area contributed by atoms with Crippen LogP contribution in [0.2, 0.25) is 0 Å². The van der Waals surface area contributed by atoms with E-state index in [2.05, 4.69) is 15.5 Å². The van der Waals surface area contributed by atoms with Crippen LogP contribution >= 0.6 is 0 Å². The predicted molar refractivity (Wildman–Crippen MR) is 64.4 cm³/mol. The summed E-state index contributed by atoms with van der Waals surface area (Å²) in [4.78, 5) is 0. The molecular formula is C13H19N3O. The lowest BCUT2D eigenvalue weighted by Gasteiger charge is -2.47. The number of nitrogens with one attached hydrogen (secondary N) is 1. The fourth-order valence-electron chi connectivity index (χ4n) is 2.80. The van der Waals surface area contributed by atoms with E-state index in [1.165, 1.54) is 19.3 Å². The van der Waals surface area contributed by atoms with Crippen LogP contribution in [0.3, 0.4) is 0 Å². The third kappa shape index (κ3) is 2.48. The van der Waals surface area contributed by atoms with E-state index in [1.54, 1.807) is 6.20 Å². The molecule has 3 rings (SSSR count). The van der Waals surface area contributed by atoms with Gasteiger partial charge in [-0.25, -0.2) is 0 Å². The smallest absolute Gasteiger partial charge is 0.0769 e. The highest BCUT2D eigenvalue weighted by molar-refractivity contribution is 5.00. The molecule has 1 spiro atoms. The summed E-state index contributed by atoms with van der Waals surface area (Å²) in [5.74, 6) is 0. The van der Waals surface area contributed by atoms with Crippen LogP contribution in [0.4, 0.5) is 0 Å². The molecule has 0 bridgehead atoms. The molecule has 0 aromatic carbocycles. The summed E-state index contributed by atoms with van der Waals surface area (Å²) in [7, 11) is 0. The molecule has 1 saturated heterocycles. The molecule has 92 valence electrons. The molecule has 2 aliphatic rings. The van der Waals surface area contributed by atoms with Crippen molar-refractivity contribution in [1.82, 2.24) is 15.5 Å². The Labute approximate surface area is 102 Å². The van der Waals surface area contributed by atoms with Gasteiger partial charge in [-0.05, 0) is 44.2 Å². The largest absolute Gasteiger partial charge is 0.375 e. The second-order valence-electron chi connectivity index (χ2n) is 5.17. The van der Waals surface area contributed by atoms with Crippen LogP contribution in [0.25, 0.3) is 0 Å². The first-order chi connectivity index (χ1) is 8.36. The maximum absolute atomic E-state index is 5.92. The minimum absolute atomic E-state index is 0.221. The zero-order valence-corrected chi connectivity index (χ0v) is 10.1. The van der Waals surface area contributed by atoms with Gasteiger partial charge < -0.3 is 10.1 Å². The molecule has 4 heteroatoms. The molecule has 1 saturated carbocycles. The van der Waals surface area contributed by atoms with Crippen LogP contribution in [0, 0.1) is 0 Å². The average molecular weight is 233 g/mol. The lowest BCUT2D eigenvalue weighted by atomic mass is 9.74. The summed E-state index contributed by atoms with van der Waals surface area (Å²) < 4.78 is 5.92. The van der Waals surface area contributed by atoms with Crippen LogP contribution in [0.5, 0.6) is 0 Å². The van der Waals surface area contributed by atoms with E-state index in [0.717, 1.165) is 31.7 Å². The highest BCUT2D eigenvalue weighted by Gasteiger charge is 2.42. The number of aromatic nitrogens is 2. The van der Waals surface area contributed by atoms with Gasteiger partial charge in [-0.3, -0.25) is 0 Å². The maximum atomic E-state index is 5.92. The fourth-order valence-corrected chi connectivity index (χ4v) is 2.80. The normalized spacial score (nSPS) is 26.7. The van der Waals surface area contributed by atoms with Crippen LogP contribution < -0.4 is 5.32 Å². The van der Waals surface area contributed by atoms with Crippen molar-refractivity contribution in [3.8, 4) is 0 Å². The van der Waals surface area contributed by atoms with Crippen LogP contribution in [-0.4, -0.2) is 28.4 Å². The zero-order chi connectivity index (χ0) is 11.6. The van der Waals surface area contributed by atoms with Crippen molar-refractivity contribution in [2.24, 2.45) is 0 Å². The second-order valence-corrected chi connectivity index (χ2v) is 5.17. The molecule has 0 amide bonds.